The summed E-state index contributed by atoms with van der Waals surface area (Å²) in [5.41, 5.74) is 11.2. The first kappa shape index (κ1) is 13.0. The van der Waals surface area contributed by atoms with Gasteiger partial charge in [-0.15, -0.1) is 0 Å². The number of hydrogen-bond acceptors (Lipinski definition) is 3. The molecule has 0 unspecified atom stereocenters. The Morgan fingerprint density at radius 2 is 1.95 bits per heavy atom. The number of imidazole rings is 2. The summed E-state index contributed by atoms with van der Waals surface area (Å²) in [6.45, 7) is 3.13. The van der Waals surface area contributed by atoms with Crippen molar-refractivity contribution in [1.29, 1.82) is 0 Å². The number of H-pyrrole nitrogens is 1. The number of aryl methyl sites for hydroxylation is 1. The molecule has 0 saturated carbocycles. The highest BCUT2D eigenvalue weighted by atomic mass is 15.1. The van der Waals surface area contributed by atoms with Gasteiger partial charge in [0, 0.05) is 0 Å². The van der Waals surface area contributed by atoms with Crippen molar-refractivity contribution in [2.45, 2.75) is 20.0 Å². The van der Waals surface area contributed by atoms with E-state index in [2.05, 4.69) is 44.6 Å². The zero-order valence-corrected chi connectivity index (χ0v) is 12.4. The van der Waals surface area contributed by atoms with E-state index in [-0.39, 0.29) is 0 Å². The highest BCUT2D eigenvalue weighted by Gasteiger charge is 2.11. The van der Waals surface area contributed by atoms with Gasteiger partial charge in [0.2, 0.25) is 0 Å². The predicted molar refractivity (Wildman–Crippen MR) is 87.6 cm³/mol. The largest absolute Gasteiger partial charge is 0.340 e. The number of rotatable bonds is 3. The quantitative estimate of drug-likeness (QED) is 0.609. The lowest BCUT2D eigenvalue weighted by molar-refractivity contribution is 0.718. The zero-order chi connectivity index (χ0) is 15.1. The standard InChI is InChI=1S/C17H17N5/c1-11-6-7-12-14(8-11)20-16(19-12)10-22-15-5-3-2-4-13(15)21-17(22)9-18/h2-8H,9-10,18H2,1H3,(H,19,20). The number of aromatic nitrogens is 4. The molecule has 2 heterocycles. The van der Waals surface area contributed by atoms with Crippen molar-refractivity contribution in [3.8, 4) is 0 Å². The SMILES string of the molecule is Cc1ccc2nc(Cn3c(CN)nc4ccccc43)[nH]c2c1. The Balaban J connectivity index is 1.81. The van der Waals surface area contributed by atoms with Crippen LogP contribution in [0.25, 0.3) is 22.1 Å². The van der Waals surface area contributed by atoms with Gasteiger partial charge < -0.3 is 15.3 Å². The van der Waals surface area contributed by atoms with Gasteiger partial charge in [-0.2, -0.15) is 0 Å². The van der Waals surface area contributed by atoms with Gasteiger partial charge in [-0.25, -0.2) is 9.97 Å². The summed E-state index contributed by atoms with van der Waals surface area (Å²) >= 11 is 0. The molecule has 110 valence electrons. The van der Waals surface area contributed by atoms with E-state index in [9.17, 15) is 0 Å². The molecule has 5 nitrogen and oxygen atoms in total. The zero-order valence-electron chi connectivity index (χ0n) is 12.4. The molecule has 3 N–H and O–H groups in total. The predicted octanol–water partition coefficient (Wildman–Crippen LogP) is 2.73. The molecular formula is C17H17N5. The summed E-state index contributed by atoms with van der Waals surface area (Å²) in [5, 5.41) is 0. The van der Waals surface area contributed by atoms with E-state index in [1.54, 1.807) is 0 Å². The lowest BCUT2D eigenvalue weighted by Gasteiger charge is -2.05. The molecular weight excluding hydrogens is 274 g/mol. The normalized spacial score (nSPS) is 11.5. The Morgan fingerprint density at radius 1 is 1.09 bits per heavy atom. The van der Waals surface area contributed by atoms with Crippen molar-refractivity contribution in [2.75, 3.05) is 0 Å². The fraction of sp³-hybridized carbons (Fsp3) is 0.176. The molecule has 0 aliphatic rings. The molecule has 0 bridgehead atoms. The van der Waals surface area contributed by atoms with Crippen molar-refractivity contribution in [3.63, 3.8) is 0 Å². The second-order valence-corrected chi connectivity index (χ2v) is 5.51. The van der Waals surface area contributed by atoms with Gasteiger partial charge in [0.25, 0.3) is 0 Å². The summed E-state index contributed by atoms with van der Waals surface area (Å²) in [5.74, 6) is 1.79. The first-order valence-electron chi connectivity index (χ1n) is 7.34. The van der Waals surface area contributed by atoms with Crippen molar-refractivity contribution in [2.24, 2.45) is 5.73 Å². The summed E-state index contributed by atoms with van der Waals surface area (Å²) in [6.07, 6.45) is 0. The van der Waals surface area contributed by atoms with E-state index in [4.69, 9.17) is 5.73 Å². The highest BCUT2D eigenvalue weighted by Crippen LogP contribution is 2.19. The van der Waals surface area contributed by atoms with Gasteiger partial charge in [0.05, 0.1) is 35.2 Å². The Morgan fingerprint density at radius 3 is 2.82 bits per heavy atom. The first-order chi connectivity index (χ1) is 10.7. The summed E-state index contributed by atoms with van der Waals surface area (Å²) in [4.78, 5) is 12.6. The number of nitrogens with one attached hydrogen (secondary N) is 1. The average molecular weight is 291 g/mol. The van der Waals surface area contributed by atoms with Crippen molar-refractivity contribution in [3.05, 3.63) is 59.7 Å². The van der Waals surface area contributed by atoms with Gasteiger partial charge in [-0.05, 0) is 36.8 Å². The van der Waals surface area contributed by atoms with Crippen LogP contribution in [0.4, 0.5) is 0 Å². The van der Waals surface area contributed by atoms with Crippen LogP contribution in [0.15, 0.2) is 42.5 Å². The van der Waals surface area contributed by atoms with E-state index in [1.807, 2.05) is 24.3 Å². The van der Waals surface area contributed by atoms with Crippen LogP contribution in [-0.2, 0) is 13.1 Å². The van der Waals surface area contributed by atoms with Crippen LogP contribution in [-0.4, -0.2) is 19.5 Å². The van der Waals surface area contributed by atoms with Crippen LogP contribution in [0, 0.1) is 6.92 Å². The van der Waals surface area contributed by atoms with Gasteiger partial charge in [-0.1, -0.05) is 18.2 Å². The maximum absolute atomic E-state index is 5.85. The molecule has 0 spiro atoms. The van der Waals surface area contributed by atoms with Crippen LogP contribution in [0.1, 0.15) is 17.2 Å². The van der Waals surface area contributed by atoms with Crippen LogP contribution >= 0.6 is 0 Å². The molecule has 0 saturated heterocycles. The van der Waals surface area contributed by atoms with Crippen LogP contribution in [0.5, 0.6) is 0 Å². The number of aromatic amines is 1. The lowest BCUT2D eigenvalue weighted by atomic mass is 10.2. The van der Waals surface area contributed by atoms with Gasteiger partial charge >= 0.3 is 0 Å². The summed E-state index contributed by atoms with van der Waals surface area (Å²) in [6, 6.07) is 14.3. The second kappa shape index (κ2) is 4.96. The smallest absolute Gasteiger partial charge is 0.127 e. The molecule has 0 aliphatic heterocycles. The number of hydrogen-bond donors (Lipinski definition) is 2. The van der Waals surface area contributed by atoms with E-state index in [0.717, 1.165) is 33.7 Å². The van der Waals surface area contributed by atoms with Crippen molar-refractivity contribution in [1.82, 2.24) is 19.5 Å². The maximum Gasteiger partial charge on any atom is 0.127 e. The number of para-hydroxylation sites is 2. The third-order valence-corrected chi connectivity index (χ3v) is 3.91. The lowest BCUT2D eigenvalue weighted by Crippen LogP contribution is -2.10. The van der Waals surface area contributed by atoms with Gasteiger partial charge in [0.1, 0.15) is 11.6 Å². The first-order valence-corrected chi connectivity index (χ1v) is 7.34. The number of nitrogens with two attached hydrogens (primary N) is 1. The molecule has 5 heteroatoms. The molecule has 2 aromatic carbocycles. The second-order valence-electron chi connectivity index (χ2n) is 5.51. The van der Waals surface area contributed by atoms with E-state index < -0.39 is 0 Å². The van der Waals surface area contributed by atoms with Crippen molar-refractivity contribution >= 4 is 22.1 Å². The van der Waals surface area contributed by atoms with E-state index >= 15 is 0 Å². The Kier molecular flexibility index (Phi) is 2.94. The molecule has 0 radical (unpaired) electrons. The Labute approximate surface area is 127 Å². The van der Waals surface area contributed by atoms with Crippen LogP contribution < -0.4 is 5.73 Å². The summed E-state index contributed by atoms with van der Waals surface area (Å²) in [7, 11) is 0. The van der Waals surface area contributed by atoms with E-state index in [1.165, 1.54) is 5.56 Å². The topological polar surface area (TPSA) is 72.5 Å². The van der Waals surface area contributed by atoms with Crippen LogP contribution in [0.3, 0.4) is 0 Å². The molecule has 4 rings (SSSR count). The van der Waals surface area contributed by atoms with Crippen LogP contribution in [0.2, 0.25) is 0 Å². The third kappa shape index (κ3) is 2.07. The Bertz CT molecular complexity index is 964. The molecule has 0 amide bonds. The molecule has 2 aromatic heterocycles. The fourth-order valence-electron chi connectivity index (χ4n) is 2.86. The van der Waals surface area contributed by atoms with E-state index in [0.29, 0.717) is 13.1 Å². The Hall–Kier alpha value is -2.66. The van der Waals surface area contributed by atoms with Gasteiger partial charge in [0.15, 0.2) is 0 Å². The molecule has 0 aliphatic carbocycles. The minimum absolute atomic E-state index is 0.411. The minimum atomic E-state index is 0.411. The molecule has 0 atom stereocenters. The monoisotopic (exact) mass is 291 g/mol. The minimum Gasteiger partial charge on any atom is -0.340 e. The molecule has 0 fully saturated rings. The third-order valence-electron chi connectivity index (χ3n) is 3.91. The number of fused-ring (bicyclic) bond motifs is 2. The molecule has 22 heavy (non-hydrogen) atoms. The number of nitrogens with zero attached hydrogens (tertiary/aromatic N) is 3. The maximum atomic E-state index is 5.85. The average Bonchev–Trinajstić information content (AvgIpc) is 3.08. The number of benzene rings is 2. The summed E-state index contributed by atoms with van der Waals surface area (Å²) < 4.78 is 2.12. The molecule has 4 aromatic rings. The highest BCUT2D eigenvalue weighted by molar-refractivity contribution is 5.77. The fourth-order valence-corrected chi connectivity index (χ4v) is 2.86. The van der Waals surface area contributed by atoms with Crippen molar-refractivity contribution < 1.29 is 0 Å². The van der Waals surface area contributed by atoms with Gasteiger partial charge in [-0.3, -0.25) is 0 Å².